The zero-order valence-electron chi connectivity index (χ0n) is 12.4. The van der Waals surface area contributed by atoms with Crippen molar-refractivity contribution in [1.82, 2.24) is 9.88 Å². The van der Waals surface area contributed by atoms with E-state index in [-0.39, 0.29) is 23.3 Å². The molecule has 7 heteroatoms. The second kappa shape index (κ2) is 6.67. The minimum Gasteiger partial charge on any atom is -0.478 e. The van der Waals surface area contributed by atoms with Crippen molar-refractivity contribution in [2.75, 3.05) is 0 Å². The Kier molecular flexibility index (Phi) is 4.43. The molecule has 3 rings (SSSR count). The van der Waals surface area contributed by atoms with Crippen LogP contribution < -0.4 is 0 Å². The van der Waals surface area contributed by atoms with Gasteiger partial charge in [-0.15, -0.1) is 0 Å². The third-order valence-electron chi connectivity index (χ3n) is 3.38. The van der Waals surface area contributed by atoms with Gasteiger partial charge >= 0.3 is 5.97 Å². The van der Waals surface area contributed by atoms with E-state index in [0.29, 0.717) is 16.2 Å². The van der Waals surface area contributed by atoms with Crippen LogP contribution in [0.25, 0.3) is 6.08 Å². The molecule has 0 unspecified atom stereocenters. The minimum atomic E-state index is -1.02. The molecule has 0 aliphatic carbocycles. The van der Waals surface area contributed by atoms with E-state index in [1.165, 1.54) is 12.1 Å². The first-order valence-electron chi connectivity index (χ1n) is 7.03. The van der Waals surface area contributed by atoms with Gasteiger partial charge in [-0.1, -0.05) is 18.2 Å². The number of aromatic nitrogens is 1. The highest BCUT2D eigenvalue weighted by Gasteiger charge is 2.35. The van der Waals surface area contributed by atoms with Crippen molar-refractivity contribution in [2.45, 2.75) is 6.54 Å². The van der Waals surface area contributed by atoms with Crippen LogP contribution in [0.2, 0.25) is 0 Å². The highest BCUT2D eigenvalue weighted by Crippen LogP contribution is 2.32. The summed E-state index contributed by atoms with van der Waals surface area (Å²) in [5.74, 6) is -1.40. The van der Waals surface area contributed by atoms with Gasteiger partial charge in [0.25, 0.3) is 11.1 Å². The number of benzene rings is 1. The topological polar surface area (TPSA) is 87.6 Å². The van der Waals surface area contributed by atoms with Crippen molar-refractivity contribution in [3.63, 3.8) is 0 Å². The molecular weight excluding hydrogens is 328 g/mol. The van der Waals surface area contributed by atoms with E-state index in [4.69, 9.17) is 5.11 Å². The molecule has 1 aliphatic heterocycles. The number of hydrogen-bond acceptors (Lipinski definition) is 5. The minimum absolute atomic E-state index is 0.101. The molecule has 1 aromatic heterocycles. The number of carbonyl (C=O) groups excluding carboxylic acids is 2. The summed E-state index contributed by atoms with van der Waals surface area (Å²) >= 11 is 0.868. The van der Waals surface area contributed by atoms with Gasteiger partial charge in [-0.05, 0) is 47.7 Å². The molecule has 6 nitrogen and oxygen atoms in total. The van der Waals surface area contributed by atoms with Crippen LogP contribution in [-0.2, 0) is 11.3 Å². The summed E-state index contributed by atoms with van der Waals surface area (Å²) < 4.78 is 0. The zero-order chi connectivity index (χ0) is 17.1. The fourth-order valence-corrected chi connectivity index (χ4v) is 2.99. The maximum Gasteiger partial charge on any atom is 0.335 e. The smallest absolute Gasteiger partial charge is 0.335 e. The second-order valence-corrected chi connectivity index (χ2v) is 6.02. The quantitative estimate of drug-likeness (QED) is 0.861. The maximum atomic E-state index is 12.4. The molecule has 2 amide bonds. The summed E-state index contributed by atoms with van der Waals surface area (Å²) in [5.41, 5.74) is 1.44. The van der Waals surface area contributed by atoms with Crippen LogP contribution in [0.4, 0.5) is 4.79 Å². The summed E-state index contributed by atoms with van der Waals surface area (Å²) in [5, 5.41) is 8.53. The SMILES string of the molecule is O=C(O)c1ccc(CN2C(=O)S/C(=C\c3ccccn3)C2=O)cc1. The molecule has 2 heterocycles. The Morgan fingerprint density at radius 3 is 2.54 bits per heavy atom. The van der Waals surface area contributed by atoms with Crippen molar-refractivity contribution >= 4 is 35.0 Å². The molecule has 0 radical (unpaired) electrons. The van der Waals surface area contributed by atoms with E-state index in [9.17, 15) is 14.4 Å². The predicted octanol–water partition coefficient (Wildman–Crippen LogP) is 3.02. The first-order valence-corrected chi connectivity index (χ1v) is 7.85. The lowest BCUT2D eigenvalue weighted by Gasteiger charge is -2.12. The Labute approximate surface area is 141 Å². The summed E-state index contributed by atoms with van der Waals surface area (Å²) in [4.78, 5) is 40.9. The lowest BCUT2D eigenvalue weighted by Crippen LogP contribution is -2.27. The van der Waals surface area contributed by atoms with Crippen LogP contribution in [-0.4, -0.2) is 32.1 Å². The summed E-state index contributed by atoms with van der Waals surface area (Å²) in [7, 11) is 0. The Hall–Kier alpha value is -2.93. The third-order valence-corrected chi connectivity index (χ3v) is 4.29. The molecule has 120 valence electrons. The highest BCUT2D eigenvalue weighted by atomic mass is 32.2. The predicted molar refractivity (Wildman–Crippen MR) is 89.2 cm³/mol. The molecule has 1 saturated heterocycles. The number of nitrogens with zero attached hydrogens (tertiary/aromatic N) is 2. The van der Waals surface area contributed by atoms with Gasteiger partial charge in [-0.2, -0.15) is 0 Å². The molecule has 2 aromatic rings. The fourth-order valence-electron chi connectivity index (χ4n) is 2.17. The Morgan fingerprint density at radius 1 is 1.17 bits per heavy atom. The first-order chi connectivity index (χ1) is 11.5. The lowest BCUT2D eigenvalue weighted by atomic mass is 10.1. The van der Waals surface area contributed by atoms with E-state index in [1.807, 2.05) is 0 Å². The molecule has 24 heavy (non-hydrogen) atoms. The Morgan fingerprint density at radius 2 is 1.92 bits per heavy atom. The number of carboxylic acid groups (broad SMARTS) is 1. The number of pyridine rings is 1. The first kappa shape index (κ1) is 15.9. The fraction of sp³-hybridized carbons (Fsp3) is 0.0588. The molecule has 0 atom stereocenters. The normalized spacial score (nSPS) is 16.0. The molecule has 1 fully saturated rings. The Bertz CT molecular complexity index is 831. The van der Waals surface area contributed by atoms with Crippen molar-refractivity contribution < 1.29 is 19.5 Å². The van der Waals surface area contributed by atoms with Crippen molar-refractivity contribution in [3.05, 3.63) is 70.4 Å². The summed E-state index contributed by atoms with van der Waals surface area (Å²) in [6, 6.07) is 11.4. The van der Waals surface area contributed by atoms with E-state index in [2.05, 4.69) is 4.98 Å². The van der Waals surface area contributed by atoms with E-state index < -0.39 is 5.97 Å². The van der Waals surface area contributed by atoms with Crippen LogP contribution in [0.5, 0.6) is 0 Å². The average molecular weight is 340 g/mol. The van der Waals surface area contributed by atoms with Gasteiger partial charge in [0.2, 0.25) is 0 Å². The van der Waals surface area contributed by atoms with E-state index >= 15 is 0 Å². The van der Waals surface area contributed by atoms with E-state index in [0.717, 1.165) is 16.7 Å². The van der Waals surface area contributed by atoms with Crippen LogP contribution in [0.15, 0.2) is 53.6 Å². The standard InChI is InChI=1S/C17H12N2O4S/c20-15-14(9-13-3-1-2-8-18-13)24-17(23)19(15)10-11-4-6-12(7-5-11)16(21)22/h1-9H,10H2,(H,21,22)/b14-9-. The molecule has 0 spiro atoms. The highest BCUT2D eigenvalue weighted by molar-refractivity contribution is 8.18. The number of carbonyl (C=O) groups is 3. The van der Waals surface area contributed by atoms with Gasteiger partial charge in [-0.25, -0.2) is 4.79 Å². The molecule has 1 aromatic carbocycles. The largest absolute Gasteiger partial charge is 0.478 e. The summed E-state index contributed by atoms with van der Waals surface area (Å²) in [6.45, 7) is 0.101. The van der Waals surface area contributed by atoms with Gasteiger partial charge in [0.1, 0.15) is 0 Å². The average Bonchev–Trinajstić information content (AvgIpc) is 2.84. The van der Waals surface area contributed by atoms with Gasteiger partial charge < -0.3 is 5.11 Å². The number of hydrogen-bond donors (Lipinski definition) is 1. The van der Waals surface area contributed by atoms with Gasteiger partial charge in [0, 0.05) is 6.20 Å². The molecule has 0 saturated carbocycles. The second-order valence-electron chi connectivity index (χ2n) is 5.02. The number of carboxylic acids is 1. The monoisotopic (exact) mass is 340 g/mol. The number of thioether (sulfide) groups is 1. The van der Waals surface area contributed by atoms with E-state index in [1.54, 1.807) is 42.6 Å². The molecule has 1 aliphatic rings. The van der Waals surface area contributed by atoms with Crippen molar-refractivity contribution in [2.24, 2.45) is 0 Å². The Balaban J connectivity index is 1.77. The summed E-state index contributed by atoms with van der Waals surface area (Å²) in [6.07, 6.45) is 3.19. The number of aromatic carboxylic acids is 1. The number of imide groups is 1. The molecule has 0 bridgehead atoms. The number of amides is 2. The van der Waals surface area contributed by atoms with Crippen molar-refractivity contribution in [3.8, 4) is 0 Å². The zero-order valence-corrected chi connectivity index (χ0v) is 13.2. The van der Waals surface area contributed by atoms with Gasteiger partial charge in [0.05, 0.1) is 22.7 Å². The van der Waals surface area contributed by atoms with Crippen LogP contribution in [0, 0.1) is 0 Å². The third kappa shape index (κ3) is 3.36. The number of rotatable bonds is 4. The van der Waals surface area contributed by atoms with Crippen molar-refractivity contribution in [1.29, 1.82) is 0 Å². The van der Waals surface area contributed by atoms with Crippen LogP contribution in [0.3, 0.4) is 0 Å². The lowest BCUT2D eigenvalue weighted by molar-refractivity contribution is -0.123. The molecular formula is C17H12N2O4S. The maximum absolute atomic E-state index is 12.4. The molecule has 1 N–H and O–H groups in total. The van der Waals surface area contributed by atoms with Crippen LogP contribution >= 0.6 is 11.8 Å². The van der Waals surface area contributed by atoms with Gasteiger partial charge in [-0.3, -0.25) is 19.5 Å². The van der Waals surface area contributed by atoms with Crippen LogP contribution in [0.1, 0.15) is 21.6 Å². The van der Waals surface area contributed by atoms with Gasteiger partial charge in [0.15, 0.2) is 0 Å².